The molecule has 0 aromatic carbocycles. The number of nitrogens with zero attached hydrogens (tertiary/aromatic N) is 1. The monoisotopic (exact) mass is 196 g/mol. The first-order chi connectivity index (χ1) is 5.33. The molecule has 0 amide bonds. The number of likely N-dealkylation sites (tertiary alicyclic amines) is 1. The highest BCUT2D eigenvalue weighted by Crippen LogP contribution is 2.09. The van der Waals surface area contributed by atoms with E-state index in [-0.39, 0.29) is 12.4 Å². The third kappa shape index (κ3) is 4.24. The molecule has 0 aliphatic carbocycles. The molecule has 4 heteroatoms. The van der Waals surface area contributed by atoms with E-state index in [2.05, 4.69) is 4.90 Å². The van der Waals surface area contributed by atoms with Crippen molar-refractivity contribution in [3.8, 4) is 0 Å². The molecule has 1 atom stereocenters. The molecule has 74 valence electrons. The van der Waals surface area contributed by atoms with Crippen LogP contribution in [0, 0.1) is 0 Å². The van der Waals surface area contributed by atoms with Gasteiger partial charge in [-0.25, -0.2) is 4.39 Å². The summed E-state index contributed by atoms with van der Waals surface area (Å²) in [4.78, 5) is 2.18. The van der Waals surface area contributed by atoms with Crippen molar-refractivity contribution in [1.82, 2.24) is 4.90 Å². The molecule has 0 saturated carbocycles. The zero-order valence-corrected chi connectivity index (χ0v) is 8.15. The van der Waals surface area contributed by atoms with E-state index in [4.69, 9.17) is 5.73 Å². The van der Waals surface area contributed by atoms with Gasteiger partial charge in [-0.3, -0.25) is 0 Å². The summed E-state index contributed by atoms with van der Waals surface area (Å²) in [6, 6.07) is 0. The van der Waals surface area contributed by atoms with E-state index in [0.29, 0.717) is 19.5 Å². The van der Waals surface area contributed by atoms with Gasteiger partial charge in [0, 0.05) is 6.54 Å². The Bertz CT molecular complexity index is 107. The van der Waals surface area contributed by atoms with Crippen molar-refractivity contribution in [3.63, 3.8) is 0 Å². The second-order valence-electron chi connectivity index (χ2n) is 3.18. The van der Waals surface area contributed by atoms with Gasteiger partial charge in [-0.15, -0.1) is 12.4 Å². The minimum atomic E-state index is -0.710. The van der Waals surface area contributed by atoms with E-state index in [1.54, 1.807) is 0 Å². The molecule has 1 fully saturated rings. The molecule has 1 saturated heterocycles. The lowest BCUT2D eigenvalue weighted by Gasteiger charge is -2.16. The second-order valence-corrected chi connectivity index (χ2v) is 3.18. The third-order valence-electron chi connectivity index (χ3n) is 2.13. The summed E-state index contributed by atoms with van der Waals surface area (Å²) < 4.78 is 12.9. The summed E-state index contributed by atoms with van der Waals surface area (Å²) in [5.41, 5.74) is 5.25. The van der Waals surface area contributed by atoms with Crippen LogP contribution in [0.5, 0.6) is 0 Å². The Morgan fingerprint density at radius 3 is 2.42 bits per heavy atom. The van der Waals surface area contributed by atoms with Crippen molar-refractivity contribution < 1.29 is 4.39 Å². The maximum Gasteiger partial charge on any atom is 0.114 e. The van der Waals surface area contributed by atoms with E-state index in [1.807, 2.05) is 0 Å². The van der Waals surface area contributed by atoms with Gasteiger partial charge in [0.25, 0.3) is 0 Å². The fourth-order valence-electron chi connectivity index (χ4n) is 1.52. The Morgan fingerprint density at radius 2 is 1.92 bits per heavy atom. The molecule has 0 bridgehead atoms. The molecule has 0 radical (unpaired) electrons. The van der Waals surface area contributed by atoms with Gasteiger partial charge in [-0.05, 0) is 38.9 Å². The topological polar surface area (TPSA) is 29.3 Å². The highest BCUT2D eigenvalue weighted by Gasteiger charge is 2.15. The molecule has 1 unspecified atom stereocenters. The second kappa shape index (κ2) is 6.63. The van der Waals surface area contributed by atoms with Crippen molar-refractivity contribution >= 4 is 12.4 Å². The molecule has 1 heterocycles. The van der Waals surface area contributed by atoms with Crippen LogP contribution in [0.15, 0.2) is 0 Å². The SMILES string of the molecule is Cl.NCCC(F)CN1CCCC1. The Hall–Kier alpha value is 0.140. The van der Waals surface area contributed by atoms with Gasteiger partial charge in [0.05, 0.1) is 0 Å². The van der Waals surface area contributed by atoms with Gasteiger partial charge in [-0.2, -0.15) is 0 Å². The highest BCUT2D eigenvalue weighted by molar-refractivity contribution is 5.85. The molecular formula is C8H18ClFN2. The van der Waals surface area contributed by atoms with Crippen LogP contribution in [-0.2, 0) is 0 Å². The van der Waals surface area contributed by atoms with E-state index in [9.17, 15) is 4.39 Å². The fraction of sp³-hybridized carbons (Fsp3) is 1.00. The Labute approximate surface area is 79.7 Å². The Morgan fingerprint density at radius 1 is 1.33 bits per heavy atom. The summed E-state index contributed by atoms with van der Waals surface area (Å²) in [5, 5.41) is 0. The van der Waals surface area contributed by atoms with E-state index in [1.165, 1.54) is 12.8 Å². The zero-order valence-electron chi connectivity index (χ0n) is 7.34. The summed E-state index contributed by atoms with van der Waals surface area (Å²) in [7, 11) is 0. The normalized spacial score (nSPS) is 20.5. The quantitative estimate of drug-likeness (QED) is 0.732. The molecule has 1 rings (SSSR count). The lowest BCUT2D eigenvalue weighted by Crippen LogP contribution is -2.28. The van der Waals surface area contributed by atoms with E-state index in [0.717, 1.165) is 13.1 Å². The first-order valence-corrected chi connectivity index (χ1v) is 4.39. The molecule has 2 nitrogen and oxygen atoms in total. The first-order valence-electron chi connectivity index (χ1n) is 4.39. The van der Waals surface area contributed by atoms with Crippen LogP contribution in [0.25, 0.3) is 0 Å². The van der Waals surface area contributed by atoms with Crippen LogP contribution in [-0.4, -0.2) is 37.3 Å². The smallest absolute Gasteiger partial charge is 0.114 e. The Kier molecular flexibility index (Phi) is 6.71. The van der Waals surface area contributed by atoms with Crippen molar-refractivity contribution in [2.45, 2.75) is 25.4 Å². The molecule has 0 aromatic heterocycles. The molecule has 1 aliphatic rings. The summed E-state index contributed by atoms with van der Waals surface area (Å²) >= 11 is 0. The van der Waals surface area contributed by atoms with Crippen LogP contribution in [0.4, 0.5) is 4.39 Å². The Balaban J connectivity index is 0.00000121. The van der Waals surface area contributed by atoms with Gasteiger partial charge < -0.3 is 10.6 Å². The van der Waals surface area contributed by atoms with Gasteiger partial charge in [0.15, 0.2) is 0 Å². The number of nitrogens with two attached hydrogens (primary N) is 1. The van der Waals surface area contributed by atoms with Crippen LogP contribution in [0.1, 0.15) is 19.3 Å². The van der Waals surface area contributed by atoms with Crippen LogP contribution in [0.2, 0.25) is 0 Å². The zero-order chi connectivity index (χ0) is 8.10. The molecule has 1 aliphatic heterocycles. The maximum atomic E-state index is 12.9. The van der Waals surface area contributed by atoms with Gasteiger partial charge in [0.1, 0.15) is 6.17 Å². The molecule has 0 spiro atoms. The first kappa shape index (κ1) is 12.1. The largest absolute Gasteiger partial charge is 0.330 e. The predicted octanol–water partition coefficient (Wildman–Crippen LogP) is 1.19. The standard InChI is InChI=1S/C8H17FN2.ClH/c9-8(3-4-10)7-11-5-1-2-6-11;/h8H,1-7,10H2;1H. The van der Waals surface area contributed by atoms with Crippen molar-refractivity contribution in [2.75, 3.05) is 26.2 Å². The van der Waals surface area contributed by atoms with Crippen LogP contribution >= 0.6 is 12.4 Å². The minimum absolute atomic E-state index is 0. The van der Waals surface area contributed by atoms with Crippen molar-refractivity contribution in [3.05, 3.63) is 0 Å². The van der Waals surface area contributed by atoms with Crippen LogP contribution in [0.3, 0.4) is 0 Å². The summed E-state index contributed by atoms with van der Waals surface area (Å²) in [6.07, 6.45) is 2.26. The average Bonchev–Trinajstić information content (AvgIpc) is 2.40. The lowest BCUT2D eigenvalue weighted by molar-refractivity contribution is 0.213. The van der Waals surface area contributed by atoms with Gasteiger partial charge in [0.2, 0.25) is 0 Å². The van der Waals surface area contributed by atoms with Crippen molar-refractivity contribution in [2.24, 2.45) is 5.73 Å². The molecule has 2 N–H and O–H groups in total. The predicted molar refractivity (Wildman–Crippen MR) is 51.5 cm³/mol. The number of hydrogen-bond donors (Lipinski definition) is 1. The summed E-state index contributed by atoms with van der Waals surface area (Å²) in [5.74, 6) is 0. The third-order valence-corrected chi connectivity index (χ3v) is 2.13. The van der Waals surface area contributed by atoms with Gasteiger partial charge >= 0.3 is 0 Å². The lowest BCUT2D eigenvalue weighted by atomic mass is 10.2. The number of halogens is 2. The average molecular weight is 197 g/mol. The van der Waals surface area contributed by atoms with Crippen molar-refractivity contribution in [1.29, 1.82) is 0 Å². The fourth-order valence-corrected chi connectivity index (χ4v) is 1.52. The molecule has 12 heavy (non-hydrogen) atoms. The number of hydrogen-bond acceptors (Lipinski definition) is 2. The molecular weight excluding hydrogens is 179 g/mol. The van der Waals surface area contributed by atoms with E-state index >= 15 is 0 Å². The number of rotatable bonds is 4. The highest BCUT2D eigenvalue weighted by atomic mass is 35.5. The number of alkyl halides is 1. The minimum Gasteiger partial charge on any atom is -0.330 e. The van der Waals surface area contributed by atoms with Crippen LogP contribution < -0.4 is 5.73 Å². The molecule has 0 aromatic rings. The maximum absolute atomic E-state index is 12.9. The summed E-state index contributed by atoms with van der Waals surface area (Å²) in [6.45, 7) is 3.21. The van der Waals surface area contributed by atoms with Gasteiger partial charge in [-0.1, -0.05) is 0 Å². The van der Waals surface area contributed by atoms with E-state index < -0.39 is 6.17 Å².